The van der Waals surface area contributed by atoms with E-state index < -0.39 is 0 Å². The van der Waals surface area contributed by atoms with E-state index >= 15 is 0 Å². The van der Waals surface area contributed by atoms with Crippen molar-refractivity contribution in [2.75, 3.05) is 23.4 Å². The number of aryl methyl sites for hydroxylation is 1. The summed E-state index contributed by atoms with van der Waals surface area (Å²) >= 11 is 0. The van der Waals surface area contributed by atoms with Crippen molar-refractivity contribution >= 4 is 23.5 Å². The summed E-state index contributed by atoms with van der Waals surface area (Å²) in [5, 5.41) is 2.99. The van der Waals surface area contributed by atoms with Gasteiger partial charge in [0, 0.05) is 17.9 Å². The van der Waals surface area contributed by atoms with Gasteiger partial charge in [0.25, 0.3) is 0 Å². The third-order valence-electron chi connectivity index (χ3n) is 4.37. The predicted molar refractivity (Wildman–Crippen MR) is 121 cm³/mol. The molecule has 3 rings (SSSR count). The highest BCUT2D eigenvalue weighted by Crippen LogP contribution is 2.21. The molecule has 0 aliphatic rings. The van der Waals surface area contributed by atoms with Crippen LogP contribution in [-0.4, -0.2) is 19.2 Å². The number of carbonyl (C=O) groups excluding carboxylic acids is 1. The van der Waals surface area contributed by atoms with Crippen LogP contribution >= 0.6 is 0 Å². The number of urea groups is 1. The van der Waals surface area contributed by atoms with Gasteiger partial charge >= 0.3 is 6.03 Å². The molecule has 3 aromatic rings. The molecule has 0 aliphatic carbocycles. The third kappa shape index (κ3) is 5.98. The number of nitrogens with zero attached hydrogens (tertiary/aromatic N) is 1. The van der Waals surface area contributed by atoms with E-state index in [-0.39, 0.29) is 6.03 Å². The molecule has 0 fully saturated rings. The Kier molecular flexibility index (Phi) is 7.06. The highest BCUT2D eigenvalue weighted by Gasteiger charge is 2.15. The molecular weight excluding hydrogens is 360 g/mol. The van der Waals surface area contributed by atoms with Gasteiger partial charge in [-0.05, 0) is 61.4 Å². The van der Waals surface area contributed by atoms with Crippen LogP contribution in [0.2, 0.25) is 0 Å². The van der Waals surface area contributed by atoms with Crippen LogP contribution in [0.3, 0.4) is 0 Å². The predicted octanol–water partition coefficient (Wildman–Crippen LogP) is 6.15. The second-order valence-electron chi connectivity index (χ2n) is 6.65. The quantitative estimate of drug-likeness (QED) is 0.529. The Labute approximate surface area is 172 Å². The van der Waals surface area contributed by atoms with Crippen LogP contribution in [0.25, 0.3) is 6.08 Å². The maximum atomic E-state index is 13.0. The zero-order valence-electron chi connectivity index (χ0n) is 16.8. The molecule has 0 unspecified atom stereocenters. The lowest BCUT2D eigenvalue weighted by Crippen LogP contribution is -2.35. The van der Waals surface area contributed by atoms with E-state index in [0.717, 1.165) is 28.3 Å². The molecule has 0 bridgehead atoms. The van der Waals surface area contributed by atoms with Gasteiger partial charge in [-0.2, -0.15) is 0 Å². The molecule has 4 nitrogen and oxygen atoms in total. The highest BCUT2D eigenvalue weighted by atomic mass is 16.5. The zero-order chi connectivity index (χ0) is 20.5. The number of nitrogens with one attached hydrogen (secondary N) is 1. The Morgan fingerprint density at radius 3 is 2.45 bits per heavy atom. The lowest BCUT2D eigenvalue weighted by atomic mass is 10.2. The molecular formula is C25H26N2O2. The van der Waals surface area contributed by atoms with Gasteiger partial charge in [0.05, 0.1) is 6.61 Å². The fraction of sp³-hybridized carbons (Fsp3) is 0.160. The van der Waals surface area contributed by atoms with Crippen LogP contribution in [0.4, 0.5) is 16.2 Å². The van der Waals surface area contributed by atoms with Crippen LogP contribution in [0.15, 0.2) is 84.9 Å². The lowest BCUT2D eigenvalue weighted by Gasteiger charge is -2.22. The average Bonchev–Trinajstić information content (AvgIpc) is 2.73. The van der Waals surface area contributed by atoms with Crippen molar-refractivity contribution in [3.63, 3.8) is 0 Å². The smallest absolute Gasteiger partial charge is 0.326 e. The first-order valence-electron chi connectivity index (χ1n) is 9.75. The van der Waals surface area contributed by atoms with Crippen LogP contribution in [-0.2, 0) is 0 Å². The van der Waals surface area contributed by atoms with E-state index in [1.165, 1.54) is 0 Å². The van der Waals surface area contributed by atoms with Crippen molar-refractivity contribution in [2.45, 2.75) is 13.8 Å². The maximum Gasteiger partial charge on any atom is 0.326 e. The van der Waals surface area contributed by atoms with E-state index in [1.807, 2.05) is 105 Å². The van der Waals surface area contributed by atoms with Gasteiger partial charge < -0.3 is 10.1 Å². The van der Waals surface area contributed by atoms with Gasteiger partial charge in [0.2, 0.25) is 0 Å². The number of hydrogen-bond donors (Lipinski definition) is 1. The summed E-state index contributed by atoms with van der Waals surface area (Å²) in [4.78, 5) is 14.7. The maximum absolute atomic E-state index is 13.0. The Hall–Kier alpha value is -3.53. The Morgan fingerprint density at radius 2 is 1.76 bits per heavy atom. The molecule has 2 amide bonds. The number of anilines is 2. The number of hydrogen-bond acceptors (Lipinski definition) is 2. The molecule has 0 heterocycles. The monoisotopic (exact) mass is 386 g/mol. The summed E-state index contributed by atoms with van der Waals surface area (Å²) < 4.78 is 5.52. The topological polar surface area (TPSA) is 41.6 Å². The Morgan fingerprint density at radius 1 is 1.00 bits per heavy atom. The molecule has 148 valence electrons. The van der Waals surface area contributed by atoms with E-state index in [1.54, 1.807) is 4.90 Å². The first-order valence-corrected chi connectivity index (χ1v) is 9.75. The Balaban J connectivity index is 1.79. The standard InChI is InChI=1S/C25H26N2O2/c1-3-29-24-16-14-23(15-17-24)27(18-8-12-21-10-5-4-6-11-21)25(28)26-22-13-7-9-20(2)19-22/h4-17,19H,3,18H2,1-2H3,(H,26,28)/b12-8+. The summed E-state index contributed by atoms with van der Waals surface area (Å²) in [5.74, 6) is 0.787. The summed E-state index contributed by atoms with van der Waals surface area (Å²) in [5.41, 5.74) is 3.77. The molecule has 0 saturated heterocycles. The minimum Gasteiger partial charge on any atom is -0.494 e. The summed E-state index contributed by atoms with van der Waals surface area (Å²) in [6.45, 7) is 5.00. The summed E-state index contributed by atoms with van der Waals surface area (Å²) in [7, 11) is 0. The molecule has 29 heavy (non-hydrogen) atoms. The number of ether oxygens (including phenoxy) is 1. The largest absolute Gasteiger partial charge is 0.494 e. The SMILES string of the molecule is CCOc1ccc(N(C/C=C/c2ccccc2)C(=O)Nc2cccc(C)c2)cc1. The fourth-order valence-corrected chi connectivity index (χ4v) is 2.97. The van der Waals surface area contributed by atoms with Crippen molar-refractivity contribution < 1.29 is 9.53 Å². The van der Waals surface area contributed by atoms with Crippen molar-refractivity contribution in [3.05, 3.63) is 96.1 Å². The first kappa shape index (κ1) is 20.2. The van der Waals surface area contributed by atoms with Crippen LogP contribution in [0, 0.1) is 6.92 Å². The summed E-state index contributed by atoms with van der Waals surface area (Å²) in [6.07, 6.45) is 4.00. The molecule has 1 N–H and O–H groups in total. The van der Waals surface area contributed by atoms with Crippen LogP contribution in [0.5, 0.6) is 5.75 Å². The lowest BCUT2D eigenvalue weighted by molar-refractivity contribution is 0.257. The van der Waals surface area contributed by atoms with Gasteiger partial charge in [0.15, 0.2) is 0 Å². The van der Waals surface area contributed by atoms with E-state index in [2.05, 4.69) is 5.32 Å². The van der Waals surface area contributed by atoms with E-state index in [4.69, 9.17) is 4.74 Å². The zero-order valence-corrected chi connectivity index (χ0v) is 16.8. The number of amides is 2. The number of benzene rings is 3. The minimum absolute atomic E-state index is 0.183. The number of carbonyl (C=O) groups is 1. The highest BCUT2D eigenvalue weighted by molar-refractivity contribution is 6.02. The molecule has 0 spiro atoms. The fourth-order valence-electron chi connectivity index (χ4n) is 2.97. The molecule has 0 saturated carbocycles. The van der Waals surface area contributed by atoms with Gasteiger partial charge in [-0.15, -0.1) is 0 Å². The van der Waals surface area contributed by atoms with E-state index in [0.29, 0.717) is 13.2 Å². The minimum atomic E-state index is -0.183. The van der Waals surface area contributed by atoms with Gasteiger partial charge in [-0.1, -0.05) is 54.6 Å². The normalized spacial score (nSPS) is 10.7. The molecule has 4 heteroatoms. The average molecular weight is 386 g/mol. The molecule has 0 aromatic heterocycles. The molecule has 0 atom stereocenters. The first-order chi connectivity index (χ1) is 14.2. The molecule has 0 radical (unpaired) electrons. The third-order valence-corrected chi connectivity index (χ3v) is 4.37. The van der Waals surface area contributed by atoms with Gasteiger partial charge in [-0.25, -0.2) is 4.79 Å². The van der Waals surface area contributed by atoms with E-state index in [9.17, 15) is 4.79 Å². The van der Waals surface area contributed by atoms with Crippen molar-refractivity contribution in [1.29, 1.82) is 0 Å². The van der Waals surface area contributed by atoms with Gasteiger partial charge in [-0.3, -0.25) is 4.90 Å². The van der Waals surface area contributed by atoms with Crippen molar-refractivity contribution in [1.82, 2.24) is 0 Å². The van der Waals surface area contributed by atoms with Crippen molar-refractivity contribution in [3.8, 4) is 5.75 Å². The van der Waals surface area contributed by atoms with Crippen molar-refractivity contribution in [2.24, 2.45) is 0 Å². The van der Waals surface area contributed by atoms with Gasteiger partial charge in [0.1, 0.15) is 5.75 Å². The van der Waals surface area contributed by atoms with Crippen LogP contribution < -0.4 is 15.0 Å². The Bertz CT molecular complexity index is 950. The van der Waals surface area contributed by atoms with Crippen LogP contribution in [0.1, 0.15) is 18.1 Å². The second-order valence-corrected chi connectivity index (χ2v) is 6.65. The summed E-state index contributed by atoms with van der Waals surface area (Å²) in [6, 6.07) is 25.2. The molecule has 3 aromatic carbocycles. The number of rotatable bonds is 7. The second kappa shape index (κ2) is 10.1. The molecule has 0 aliphatic heterocycles.